The van der Waals surface area contributed by atoms with Crippen molar-refractivity contribution in [3.05, 3.63) is 82.7 Å². The van der Waals surface area contributed by atoms with E-state index in [4.69, 9.17) is 4.74 Å². The highest BCUT2D eigenvalue weighted by Gasteiger charge is 2.16. The summed E-state index contributed by atoms with van der Waals surface area (Å²) in [6, 6.07) is 20.0. The Morgan fingerprint density at radius 3 is 2.36 bits per heavy atom. The van der Waals surface area contributed by atoms with Gasteiger partial charge in [0.1, 0.15) is 11.6 Å². The lowest BCUT2D eigenvalue weighted by Gasteiger charge is -2.29. The monoisotopic (exact) mass is 440 g/mol. The summed E-state index contributed by atoms with van der Waals surface area (Å²) in [5.41, 5.74) is 6.81. The Balaban J connectivity index is 1.58. The molecule has 0 spiro atoms. The molecule has 0 unspecified atom stereocenters. The normalized spacial score (nSPS) is 14.1. The summed E-state index contributed by atoms with van der Waals surface area (Å²) in [6.45, 7) is 9.26. The van der Waals surface area contributed by atoms with Crippen LogP contribution in [0.4, 0.5) is 11.4 Å². The molecular formula is C27H28N4O2. The van der Waals surface area contributed by atoms with Gasteiger partial charge in [-0.2, -0.15) is 5.26 Å². The molecule has 168 valence electrons. The maximum atomic E-state index is 12.7. The number of aromatic nitrogens is 1. The predicted octanol–water partition coefficient (Wildman–Crippen LogP) is 4.78. The number of carbonyl (C=O) groups is 1. The predicted molar refractivity (Wildman–Crippen MR) is 132 cm³/mol. The van der Waals surface area contributed by atoms with Gasteiger partial charge in [-0.3, -0.25) is 4.79 Å². The molecule has 4 rings (SSSR count). The van der Waals surface area contributed by atoms with E-state index in [9.17, 15) is 10.1 Å². The van der Waals surface area contributed by atoms with Crippen molar-refractivity contribution >= 4 is 23.4 Å². The number of hydrogen-bond acceptors (Lipinski definition) is 4. The fourth-order valence-electron chi connectivity index (χ4n) is 4.17. The number of nitrogens with one attached hydrogen (secondary N) is 1. The average molecular weight is 441 g/mol. The SMILES string of the molecule is Cc1ccccc1NC(=O)/C(C#N)=C\c1cc(C)n(-c2ccc(N3CCOCC3)cc2)c1C. The summed E-state index contributed by atoms with van der Waals surface area (Å²) in [4.78, 5) is 15.1. The molecule has 1 aliphatic heterocycles. The molecule has 0 bridgehead atoms. The molecule has 1 amide bonds. The smallest absolute Gasteiger partial charge is 0.266 e. The van der Waals surface area contributed by atoms with E-state index in [1.165, 1.54) is 5.69 Å². The van der Waals surface area contributed by atoms with Crippen LogP contribution in [0.2, 0.25) is 0 Å². The number of nitriles is 1. The van der Waals surface area contributed by atoms with Gasteiger partial charge in [-0.05, 0) is 74.4 Å². The van der Waals surface area contributed by atoms with Gasteiger partial charge in [0, 0.05) is 41.5 Å². The minimum absolute atomic E-state index is 0.0705. The quantitative estimate of drug-likeness (QED) is 0.458. The highest BCUT2D eigenvalue weighted by Crippen LogP contribution is 2.25. The lowest BCUT2D eigenvalue weighted by atomic mass is 10.1. The van der Waals surface area contributed by atoms with Gasteiger partial charge in [-0.1, -0.05) is 18.2 Å². The standard InChI is InChI=1S/C27H28N4O2/c1-19-6-4-5-7-26(19)29-27(32)23(18-28)17-22-16-20(2)31(21(22)3)25-10-8-24(9-11-25)30-12-14-33-15-13-30/h4-11,16-17H,12-15H2,1-3H3,(H,29,32)/b23-17-. The summed E-state index contributed by atoms with van der Waals surface area (Å²) in [6.07, 6.45) is 1.66. The van der Waals surface area contributed by atoms with Crippen LogP contribution in [0.5, 0.6) is 0 Å². The van der Waals surface area contributed by atoms with E-state index < -0.39 is 5.91 Å². The van der Waals surface area contributed by atoms with Gasteiger partial charge in [-0.25, -0.2) is 0 Å². The fraction of sp³-hybridized carbons (Fsp3) is 0.259. The number of aryl methyl sites for hydroxylation is 2. The van der Waals surface area contributed by atoms with Gasteiger partial charge < -0.3 is 19.5 Å². The van der Waals surface area contributed by atoms with E-state index in [0.29, 0.717) is 5.69 Å². The number of rotatable bonds is 5. The van der Waals surface area contributed by atoms with Gasteiger partial charge in [-0.15, -0.1) is 0 Å². The maximum absolute atomic E-state index is 12.7. The molecule has 1 fully saturated rings. The van der Waals surface area contributed by atoms with Gasteiger partial charge >= 0.3 is 0 Å². The average Bonchev–Trinajstić information content (AvgIpc) is 3.12. The second-order valence-corrected chi connectivity index (χ2v) is 8.22. The highest BCUT2D eigenvalue weighted by atomic mass is 16.5. The van der Waals surface area contributed by atoms with Crippen molar-refractivity contribution in [3.8, 4) is 11.8 Å². The van der Waals surface area contributed by atoms with E-state index in [1.807, 2.05) is 51.1 Å². The van der Waals surface area contributed by atoms with E-state index in [-0.39, 0.29) is 5.57 Å². The van der Waals surface area contributed by atoms with Crippen molar-refractivity contribution in [3.63, 3.8) is 0 Å². The molecule has 1 saturated heterocycles. The van der Waals surface area contributed by atoms with Crippen LogP contribution in [0.15, 0.2) is 60.2 Å². The van der Waals surface area contributed by atoms with E-state index in [0.717, 1.165) is 54.5 Å². The molecule has 2 aromatic carbocycles. The number of anilines is 2. The zero-order chi connectivity index (χ0) is 23.4. The topological polar surface area (TPSA) is 70.3 Å². The summed E-state index contributed by atoms with van der Waals surface area (Å²) in [5.74, 6) is -0.411. The van der Waals surface area contributed by atoms with Gasteiger partial charge in [0.25, 0.3) is 5.91 Å². The molecule has 0 saturated carbocycles. The van der Waals surface area contributed by atoms with Crippen molar-refractivity contribution < 1.29 is 9.53 Å². The van der Waals surface area contributed by atoms with Crippen LogP contribution in [0.3, 0.4) is 0 Å². The van der Waals surface area contributed by atoms with Crippen LogP contribution in [-0.2, 0) is 9.53 Å². The van der Waals surface area contributed by atoms with Crippen LogP contribution in [0.25, 0.3) is 11.8 Å². The van der Waals surface area contributed by atoms with Crippen LogP contribution in [0.1, 0.15) is 22.5 Å². The first-order valence-electron chi connectivity index (χ1n) is 11.1. The Morgan fingerprint density at radius 2 is 1.70 bits per heavy atom. The Labute approximate surface area is 194 Å². The molecule has 2 heterocycles. The largest absolute Gasteiger partial charge is 0.378 e. The molecule has 33 heavy (non-hydrogen) atoms. The number of para-hydroxylation sites is 1. The van der Waals surface area contributed by atoms with Gasteiger partial charge in [0.15, 0.2) is 0 Å². The third-order valence-electron chi connectivity index (χ3n) is 6.01. The van der Waals surface area contributed by atoms with E-state index in [1.54, 1.807) is 6.08 Å². The number of benzene rings is 2. The van der Waals surface area contributed by atoms with Crippen LogP contribution in [0, 0.1) is 32.1 Å². The summed E-state index contributed by atoms with van der Waals surface area (Å²) in [7, 11) is 0. The third-order valence-corrected chi connectivity index (χ3v) is 6.01. The van der Waals surface area contributed by atoms with Crippen LogP contribution >= 0.6 is 0 Å². The van der Waals surface area contributed by atoms with Gasteiger partial charge in [0.05, 0.1) is 13.2 Å². The molecule has 3 aromatic rings. The summed E-state index contributed by atoms with van der Waals surface area (Å²) in [5, 5.41) is 12.5. The molecule has 0 radical (unpaired) electrons. The second-order valence-electron chi connectivity index (χ2n) is 8.22. The minimum atomic E-state index is -0.411. The summed E-state index contributed by atoms with van der Waals surface area (Å²) < 4.78 is 7.58. The van der Waals surface area contributed by atoms with Crippen molar-refractivity contribution in [1.82, 2.24) is 4.57 Å². The first-order valence-corrected chi connectivity index (χ1v) is 11.1. The fourth-order valence-corrected chi connectivity index (χ4v) is 4.17. The number of nitrogens with zero attached hydrogens (tertiary/aromatic N) is 3. The van der Waals surface area contributed by atoms with E-state index >= 15 is 0 Å². The number of amides is 1. The Kier molecular flexibility index (Phi) is 6.62. The van der Waals surface area contributed by atoms with Crippen molar-refractivity contribution in [2.24, 2.45) is 0 Å². The zero-order valence-corrected chi connectivity index (χ0v) is 19.3. The lowest BCUT2D eigenvalue weighted by molar-refractivity contribution is -0.112. The Hall–Kier alpha value is -3.82. The number of hydrogen-bond donors (Lipinski definition) is 1. The molecule has 0 aliphatic carbocycles. The third kappa shape index (κ3) is 4.84. The number of morpholine rings is 1. The highest BCUT2D eigenvalue weighted by molar-refractivity contribution is 6.10. The van der Waals surface area contributed by atoms with Crippen LogP contribution < -0.4 is 10.2 Å². The Morgan fingerprint density at radius 1 is 1.03 bits per heavy atom. The second kappa shape index (κ2) is 9.76. The first kappa shape index (κ1) is 22.4. The zero-order valence-electron chi connectivity index (χ0n) is 19.3. The molecule has 0 atom stereocenters. The first-order chi connectivity index (χ1) is 16.0. The number of ether oxygens (including phenoxy) is 1. The molecular weight excluding hydrogens is 412 g/mol. The van der Waals surface area contributed by atoms with E-state index in [2.05, 4.69) is 45.1 Å². The van der Waals surface area contributed by atoms with Crippen molar-refractivity contribution in [2.45, 2.75) is 20.8 Å². The number of carbonyl (C=O) groups excluding carboxylic acids is 1. The van der Waals surface area contributed by atoms with Crippen molar-refractivity contribution in [2.75, 3.05) is 36.5 Å². The Bertz CT molecular complexity index is 1230. The molecule has 1 aromatic heterocycles. The molecule has 1 aliphatic rings. The van der Waals surface area contributed by atoms with Crippen LogP contribution in [-0.4, -0.2) is 36.8 Å². The molecule has 6 heteroatoms. The maximum Gasteiger partial charge on any atom is 0.266 e. The molecule has 1 N–H and O–H groups in total. The lowest BCUT2D eigenvalue weighted by Crippen LogP contribution is -2.36. The summed E-state index contributed by atoms with van der Waals surface area (Å²) >= 11 is 0. The van der Waals surface area contributed by atoms with Gasteiger partial charge in [0.2, 0.25) is 0 Å². The minimum Gasteiger partial charge on any atom is -0.378 e. The van der Waals surface area contributed by atoms with Crippen molar-refractivity contribution in [1.29, 1.82) is 5.26 Å². The molecule has 6 nitrogen and oxygen atoms in total.